The molecule has 2 N–H and O–H groups in total. The maximum atomic E-state index is 11.6. The number of ether oxygens (including phenoxy) is 1. The normalized spacial score (nSPS) is 21.9. The van der Waals surface area contributed by atoms with E-state index in [-0.39, 0.29) is 6.04 Å². The lowest BCUT2D eigenvalue weighted by Crippen LogP contribution is -2.46. The molecule has 1 atom stereocenters. The zero-order valence-electron chi connectivity index (χ0n) is 10.1. The van der Waals surface area contributed by atoms with Crippen molar-refractivity contribution in [3.8, 4) is 0 Å². The first kappa shape index (κ1) is 13.2. The molecule has 0 aromatic heterocycles. The lowest BCUT2D eigenvalue weighted by Gasteiger charge is -2.23. The van der Waals surface area contributed by atoms with Gasteiger partial charge in [0, 0.05) is 6.54 Å². The van der Waals surface area contributed by atoms with Crippen LogP contribution in [0.4, 0.5) is 4.79 Å². The van der Waals surface area contributed by atoms with Crippen molar-refractivity contribution in [1.29, 1.82) is 0 Å². The predicted molar refractivity (Wildman–Crippen MR) is 67.6 cm³/mol. The minimum Gasteiger partial charge on any atom is -0.444 e. The number of alkyl carbamates (subject to hydrolysis) is 1. The monoisotopic (exact) mass is 244 g/mol. The zero-order chi connectivity index (χ0) is 12.2. The summed E-state index contributed by atoms with van der Waals surface area (Å²) in [5.74, 6) is 0. The highest BCUT2D eigenvalue weighted by Crippen LogP contribution is 2.10. The Kier molecular flexibility index (Phi) is 4.53. The minimum atomic E-state index is -0.468. The van der Waals surface area contributed by atoms with Crippen LogP contribution in [0, 0.1) is 0 Å². The maximum absolute atomic E-state index is 11.6. The molecule has 0 unspecified atom stereocenters. The van der Waals surface area contributed by atoms with Crippen LogP contribution in [0.1, 0.15) is 40.0 Å². The largest absolute Gasteiger partial charge is 0.444 e. The van der Waals surface area contributed by atoms with Gasteiger partial charge in [-0.2, -0.15) is 0 Å². The van der Waals surface area contributed by atoms with E-state index in [2.05, 4.69) is 10.6 Å². The van der Waals surface area contributed by atoms with Crippen LogP contribution in [0.25, 0.3) is 0 Å². The lowest BCUT2D eigenvalue weighted by molar-refractivity contribution is 0.0516. The Bertz CT molecular complexity index is 274. The van der Waals surface area contributed by atoms with Crippen molar-refractivity contribution in [2.24, 2.45) is 0 Å². The van der Waals surface area contributed by atoms with Gasteiger partial charge in [-0.3, -0.25) is 0 Å². The summed E-state index contributed by atoms with van der Waals surface area (Å²) in [5.41, 5.74) is -0.468. The number of carbonyl (C=O) groups is 1. The molecule has 16 heavy (non-hydrogen) atoms. The van der Waals surface area contributed by atoms with Crippen molar-refractivity contribution in [2.45, 2.75) is 51.7 Å². The fourth-order valence-electron chi connectivity index (χ4n) is 1.53. The molecular formula is C11H20N2O2S. The molecular weight excluding hydrogens is 224 g/mol. The summed E-state index contributed by atoms with van der Waals surface area (Å²) in [6, 6.07) is -0.0904. The van der Waals surface area contributed by atoms with Gasteiger partial charge in [0.2, 0.25) is 0 Å². The Hall–Kier alpha value is -0.840. The molecule has 0 radical (unpaired) electrons. The van der Waals surface area contributed by atoms with E-state index >= 15 is 0 Å². The third-order valence-corrected chi connectivity index (χ3v) is 2.66. The standard InChI is InChI=1S/C11H20N2O2S/c1-11(2,3)15-10(14)13-8-6-4-5-7-12-9(8)16/h8H,4-7H2,1-3H3,(H,12,16)(H,13,14)/t8-/m0/s1. The fourth-order valence-corrected chi connectivity index (χ4v) is 1.81. The van der Waals surface area contributed by atoms with Crippen LogP contribution in [0.5, 0.6) is 0 Å². The Balaban J connectivity index is 2.45. The second-order valence-electron chi connectivity index (χ2n) is 4.99. The molecule has 0 bridgehead atoms. The van der Waals surface area contributed by atoms with Crippen LogP contribution in [0.2, 0.25) is 0 Å². The van der Waals surface area contributed by atoms with Gasteiger partial charge in [-0.15, -0.1) is 0 Å². The highest BCUT2D eigenvalue weighted by Gasteiger charge is 2.22. The van der Waals surface area contributed by atoms with Gasteiger partial charge in [0.15, 0.2) is 0 Å². The molecule has 0 aromatic carbocycles. The summed E-state index contributed by atoms with van der Waals surface area (Å²) in [4.78, 5) is 12.3. The molecule has 0 saturated carbocycles. The molecule has 0 aromatic rings. The third kappa shape index (κ3) is 4.79. The van der Waals surface area contributed by atoms with E-state index < -0.39 is 11.7 Å². The van der Waals surface area contributed by atoms with Crippen LogP contribution < -0.4 is 10.6 Å². The van der Waals surface area contributed by atoms with E-state index in [9.17, 15) is 4.79 Å². The molecule has 4 nitrogen and oxygen atoms in total. The van der Waals surface area contributed by atoms with Gasteiger partial charge in [-0.1, -0.05) is 12.2 Å². The summed E-state index contributed by atoms with van der Waals surface area (Å²) in [7, 11) is 0. The molecule has 1 amide bonds. The van der Waals surface area contributed by atoms with Crippen LogP contribution in [0.15, 0.2) is 0 Å². The number of hydrogen-bond acceptors (Lipinski definition) is 3. The van der Waals surface area contributed by atoms with Gasteiger partial charge >= 0.3 is 6.09 Å². The Morgan fingerprint density at radius 3 is 2.81 bits per heavy atom. The summed E-state index contributed by atoms with van der Waals surface area (Å²) >= 11 is 5.19. The average molecular weight is 244 g/mol. The molecule has 1 rings (SSSR count). The van der Waals surface area contributed by atoms with Crippen LogP contribution in [0.3, 0.4) is 0 Å². The second kappa shape index (κ2) is 5.48. The maximum Gasteiger partial charge on any atom is 0.408 e. The molecule has 1 fully saturated rings. The Morgan fingerprint density at radius 1 is 1.50 bits per heavy atom. The number of amides is 1. The van der Waals surface area contributed by atoms with E-state index in [0.717, 1.165) is 25.8 Å². The van der Waals surface area contributed by atoms with E-state index in [0.29, 0.717) is 4.99 Å². The predicted octanol–water partition coefficient (Wildman–Crippen LogP) is 1.98. The third-order valence-electron chi connectivity index (χ3n) is 2.23. The molecule has 0 aliphatic carbocycles. The molecule has 92 valence electrons. The summed E-state index contributed by atoms with van der Waals surface area (Å²) in [6.45, 7) is 6.42. The molecule has 5 heteroatoms. The van der Waals surface area contributed by atoms with Crippen LogP contribution in [-0.4, -0.2) is 29.3 Å². The van der Waals surface area contributed by atoms with Gasteiger partial charge in [0.05, 0.1) is 11.0 Å². The summed E-state index contributed by atoms with van der Waals surface area (Å²) < 4.78 is 5.19. The lowest BCUT2D eigenvalue weighted by atomic mass is 10.1. The molecule has 1 heterocycles. The van der Waals surface area contributed by atoms with Gasteiger partial charge in [-0.05, 0) is 40.0 Å². The van der Waals surface area contributed by atoms with Gasteiger partial charge in [-0.25, -0.2) is 4.79 Å². The van der Waals surface area contributed by atoms with Gasteiger partial charge < -0.3 is 15.4 Å². The molecule has 0 spiro atoms. The second-order valence-corrected chi connectivity index (χ2v) is 5.43. The van der Waals surface area contributed by atoms with Gasteiger partial charge in [0.1, 0.15) is 5.60 Å². The number of thiocarbonyl (C=S) groups is 1. The van der Waals surface area contributed by atoms with E-state index in [1.165, 1.54) is 0 Å². The van der Waals surface area contributed by atoms with Crippen LogP contribution >= 0.6 is 12.2 Å². The van der Waals surface area contributed by atoms with Crippen molar-refractivity contribution in [1.82, 2.24) is 10.6 Å². The van der Waals surface area contributed by atoms with Gasteiger partial charge in [0.25, 0.3) is 0 Å². The van der Waals surface area contributed by atoms with Crippen molar-refractivity contribution in [3.05, 3.63) is 0 Å². The van der Waals surface area contributed by atoms with E-state index in [4.69, 9.17) is 17.0 Å². The van der Waals surface area contributed by atoms with E-state index in [1.54, 1.807) is 0 Å². The zero-order valence-corrected chi connectivity index (χ0v) is 10.9. The average Bonchev–Trinajstić information content (AvgIpc) is 2.29. The molecule has 1 aliphatic heterocycles. The fraction of sp³-hybridized carbons (Fsp3) is 0.818. The van der Waals surface area contributed by atoms with Crippen molar-refractivity contribution < 1.29 is 9.53 Å². The topological polar surface area (TPSA) is 50.4 Å². The number of nitrogens with one attached hydrogen (secondary N) is 2. The number of rotatable bonds is 1. The first-order chi connectivity index (χ1) is 7.38. The van der Waals surface area contributed by atoms with Crippen molar-refractivity contribution >= 4 is 23.3 Å². The first-order valence-corrected chi connectivity index (χ1v) is 6.06. The van der Waals surface area contributed by atoms with E-state index in [1.807, 2.05) is 20.8 Å². The summed E-state index contributed by atoms with van der Waals surface area (Å²) in [6.07, 6.45) is 2.63. The smallest absolute Gasteiger partial charge is 0.408 e. The highest BCUT2D eigenvalue weighted by molar-refractivity contribution is 7.80. The number of carbonyl (C=O) groups excluding carboxylic acids is 1. The highest BCUT2D eigenvalue weighted by atomic mass is 32.1. The SMILES string of the molecule is CC(C)(C)OC(=O)N[C@H]1CCCCNC1=S. The first-order valence-electron chi connectivity index (χ1n) is 5.66. The molecule has 1 aliphatic rings. The van der Waals surface area contributed by atoms with Crippen LogP contribution in [-0.2, 0) is 4.74 Å². The quantitative estimate of drug-likeness (QED) is 0.693. The van der Waals surface area contributed by atoms with Crippen molar-refractivity contribution in [3.63, 3.8) is 0 Å². The molecule has 1 saturated heterocycles. The Morgan fingerprint density at radius 2 is 2.19 bits per heavy atom. The Labute approximate surface area is 102 Å². The summed E-state index contributed by atoms with van der Waals surface area (Å²) in [5, 5.41) is 5.92. The van der Waals surface area contributed by atoms with Crippen molar-refractivity contribution in [2.75, 3.05) is 6.54 Å². The minimum absolute atomic E-state index is 0.0904. The number of hydrogen-bond donors (Lipinski definition) is 2.